The molecule has 1 atom stereocenters. The van der Waals surface area contributed by atoms with Crippen LogP contribution in [0.3, 0.4) is 0 Å². The van der Waals surface area contributed by atoms with Crippen LogP contribution in [-0.4, -0.2) is 27.6 Å². The highest BCUT2D eigenvalue weighted by molar-refractivity contribution is 6.17. The Morgan fingerprint density at radius 3 is 2.65 bits per heavy atom. The predicted octanol–water partition coefficient (Wildman–Crippen LogP) is 2.19. The largest absolute Gasteiger partial charge is 0.349 e. The highest BCUT2D eigenvalue weighted by atomic mass is 35.5. The molecule has 0 spiro atoms. The molecule has 96 valence electrons. The third-order valence-electron chi connectivity index (χ3n) is 2.72. The van der Waals surface area contributed by atoms with Crippen LogP contribution in [0.2, 0.25) is 0 Å². The number of nitrogens with zero attached hydrogens (tertiary/aromatic N) is 2. The summed E-state index contributed by atoms with van der Waals surface area (Å²) < 4.78 is 1.61. The van der Waals surface area contributed by atoms with Crippen molar-refractivity contribution >= 4 is 17.5 Å². The molecule has 0 saturated heterocycles. The van der Waals surface area contributed by atoms with E-state index in [1.54, 1.807) is 24.1 Å². The number of halogens is 1. The van der Waals surface area contributed by atoms with Gasteiger partial charge in [-0.2, -0.15) is 5.10 Å². The number of nitrogens with one attached hydrogen (secondary N) is 1. The van der Waals surface area contributed by atoms with E-state index in [1.165, 1.54) is 0 Å². The molecule has 4 nitrogen and oxygen atoms in total. The molecule has 0 aromatic carbocycles. The summed E-state index contributed by atoms with van der Waals surface area (Å²) in [5, 5.41) is 6.99. The van der Waals surface area contributed by atoms with Gasteiger partial charge >= 0.3 is 0 Å². The van der Waals surface area contributed by atoms with Gasteiger partial charge in [0.1, 0.15) is 0 Å². The highest BCUT2D eigenvalue weighted by Crippen LogP contribution is 2.22. The summed E-state index contributed by atoms with van der Waals surface area (Å²) in [6.45, 7) is 6.27. The fraction of sp³-hybridized carbons (Fsp3) is 0.667. The SMILES string of the molecule is Cn1cc(C(=O)NC(CCCl)C(C)(C)C)cn1. The summed E-state index contributed by atoms with van der Waals surface area (Å²) in [5.41, 5.74) is 0.573. The second kappa shape index (κ2) is 5.54. The van der Waals surface area contributed by atoms with Crippen molar-refractivity contribution in [3.05, 3.63) is 18.0 Å². The average molecular weight is 258 g/mol. The Bertz CT molecular complexity index is 381. The van der Waals surface area contributed by atoms with Crippen molar-refractivity contribution < 1.29 is 4.79 Å². The quantitative estimate of drug-likeness (QED) is 0.841. The Hall–Kier alpha value is -1.03. The second-order valence-corrected chi connectivity index (χ2v) is 5.65. The van der Waals surface area contributed by atoms with Gasteiger partial charge in [-0.05, 0) is 11.8 Å². The van der Waals surface area contributed by atoms with Gasteiger partial charge in [0.2, 0.25) is 0 Å². The van der Waals surface area contributed by atoms with E-state index in [4.69, 9.17) is 11.6 Å². The van der Waals surface area contributed by atoms with Gasteiger partial charge in [0.15, 0.2) is 0 Å². The van der Waals surface area contributed by atoms with Crippen LogP contribution in [0.1, 0.15) is 37.6 Å². The molecule has 0 saturated carbocycles. The molecule has 1 heterocycles. The van der Waals surface area contributed by atoms with Gasteiger partial charge in [-0.25, -0.2) is 0 Å². The topological polar surface area (TPSA) is 46.9 Å². The van der Waals surface area contributed by atoms with E-state index in [1.807, 2.05) is 0 Å². The molecule has 0 fully saturated rings. The van der Waals surface area contributed by atoms with Crippen LogP contribution in [0, 0.1) is 5.41 Å². The minimum atomic E-state index is -0.0943. The number of carbonyl (C=O) groups excluding carboxylic acids is 1. The number of rotatable bonds is 4. The number of aromatic nitrogens is 2. The molecule has 1 aromatic heterocycles. The molecule has 0 bridgehead atoms. The van der Waals surface area contributed by atoms with Gasteiger partial charge in [0, 0.05) is 25.2 Å². The van der Waals surface area contributed by atoms with E-state index >= 15 is 0 Å². The zero-order valence-electron chi connectivity index (χ0n) is 10.8. The summed E-state index contributed by atoms with van der Waals surface area (Å²) in [6.07, 6.45) is 4.03. The van der Waals surface area contributed by atoms with Gasteiger partial charge in [-0.15, -0.1) is 11.6 Å². The Kier molecular flexibility index (Phi) is 4.57. The Balaban J connectivity index is 2.71. The molecular formula is C12H20ClN3O. The first-order chi connectivity index (χ1) is 7.84. The number of carbonyl (C=O) groups is 1. The van der Waals surface area contributed by atoms with Crippen LogP contribution in [-0.2, 0) is 7.05 Å². The standard InChI is InChI=1S/C12H20ClN3O/c1-12(2,3)10(5-6-13)15-11(17)9-7-14-16(4)8-9/h7-8,10H,5-6H2,1-4H3,(H,15,17). The van der Waals surface area contributed by atoms with Crippen LogP contribution in [0.15, 0.2) is 12.4 Å². The molecule has 0 aliphatic rings. The molecule has 17 heavy (non-hydrogen) atoms. The van der Waals surface area contributed by atoms with E-state index in [-0.39, 0.29) is 17.4 Å². The van der Waals surface area contributed by atoms with Crippen LogP contribution >= 0.6 is 11.6 Å². The van der Waals surface area contributed by atoms with E-state index in [0.29, 0.717) is 11.4 Å². The third-order valence-corrected chi connectivity index (χ3v) is 2.93. The van der Waals surface area contributed by atoms with Crippen molar-refractivity contribution in [3.63, 3.8) is 0 Å². The smallest absolute Gasteiger partial charge is 0.254 e. The molecule has 1 aromatic rings. The molecule has 1 N–H and O–H groups in total. The molecule has 1 rings (SSSR count). The lowest BCUT2D eigenvalue weighted by atomic mass is 9.85. The van der Waals surface area contributed by atoms with Crippen molar-refractivity contribution in [1.29, 1.82) is 0 Å². The van der Waals surface area contributed by atoms with Crippen molar-refractivity contribution in [2.75, 3.05) is 5.88 Å². The summed E-state index contributed by atoms with van der Waals surface area (Å²) >= 11 is 5.77. The summed E-state index contributed by atoms with van der Waals surface area (Å²) in [7, 11) is 1.79. The Morgan fingerprint density at radius 2 is 2.24 bits per heavy atom. The van der Waals surface area contributed by atoms with Crippen LogP contribution < -0.4 is 5.32 Å². The number of hydrogen-bond donors (Lipinski definition) is 1. The molecule has 5 heteroatoms. The van der Waals surface area contributed by atoms with Crippen LogP contribution in [0.25, 0.3) is 0 Å². The normalized spacial score (nSPS) is 13.5. The fourth-order valence-corrected chi connectivity index (χ4v) is 1.83. The average Bonchev–Trinajstić information content (AvgIpc) is 2.62. The fourth-order valence-electron chi connectivity index (χ4n) is 1.61. The van der Waals surface area contributed by atoms with Crippen LogP contribution in [0.5, 0.6) is 0 Å². The van der Waals surface area contributed by atoms with E-state index in [9.17, 15) is 4.79 Å². The van der Waals surface area contributed by atoms with Gasteiger partial charge in [0.25, 0.3) is 5.91 Å². The molecular weight excluding hydrogens is 238 g/mol. The zero-order chi connectivity index (χ0) is 13.1. The third kappa shape index (κ3) is 4.04. The molecule has 1 unspecified atom stereocenters. The highest BCUT2D eigenvalue weighted by Gasteiger charge is 2.26. The monoisotopic (exact) mass is 257 g/mol. The summed E-state index contributed by atoms with van der Waals surface area (Å²) in [5.74, 6) is 0.443. The van der Waals surface area contributed by atoms with E-state index < -0.39 is 0 Å². The summed E-state index contributed by atoms with van der Waals surface area (Å²) in [4.78, 5) is 12.0. The maximum atomic E-state index is 12.0. The lowest BCUT2D eigenvalue weighted by Gasteiger charge is -2.30. The minimum absolute atomic E-state index is 0.00718. The van der Waals surface area contributed by atoms with Crippen molar-refractivity contribution in [3.8, 4) is 0 Å². The van der Waals surface area contributed by atoms with Crippen LogP contribution in [0.4, 0.5) is 0 Å². The predicted molar refractivity (Wildman–Crippen MR) is 69.3 cm³/mol. The van der Waals surface area contributed by atoms with E-state index in [2.05, 4.69) is 31.2 Å². The zero-order valence-corrected chi connectivity index (χ0v) is 11.6. The number of aryl methyl sites for hydroxylation is 1. The second-order valence-electron chi connectivity index (χ2n) is 5.27. The number of hydrogen-bond acceptors (Lipinski definition) is 2. The lowest BCUT2D eigenvalue weighted by Crippen LogP contribution is -2.43. The maximum Gasteiger partial charge on any atom is 0.254 e. The lowest BCUT2D eigenvalue weighted by molar-refractivity contribution is 0.0900. The minimum Gasteiger partial charge on any atom is -0.349 e. The Labute approximate surface area is 107 Å². The first-order valence-electron chi connectivity index (χ1n) is 5.70. The first-order valence-corrected chi connectivity index (χ1v) is 6.23. The van der Waals surface area contributed by atoms with Gasteiger partial charge in [-0.1, -0.05) is 20.8 Å². The van der Waals surface area contributed by atoms with Crippen molar-refractivity contribution in [2.24, 2.45) is 12.5 Å². The van der Waals surface area contributed by atoms with Gasteiger partial charge < -0.3 is 5.32 Å². The van der Waals surface area contributed by atoms with Gasteiger partial charge in [-0.3, -0.25) is 9.48 Å². The molecule has 0 aliphatic heterocycles. The summed E-state index contributed by atoms with van der Waals surface area (Å²) in [6, 6.07) is 0.0627. The van der Waals surface area contributed by atoms with Gasteiger partial charge in [0.05, 0.1) is 11.8 Å². The maximum absolute atomic E-state index is 12.0. The van der Waals surface area contributed by atoms with Crippen molar-refractivity contribution in [2.45, 2.75) is 33.2 Å². The Morgan fingerprint density at radius 1 is 1.59 bits per heavy atom. The first kappa shape index (κ1) is 14.0. The van der Waals surface area contributed by atoms with E-state index in [0.717, 1.165) is 6.42 Å². The number of amides is 1. The molecule has 0 radical (unpaired) electrons. The molecule has 1 amide bonds. The van der Waals surface area contributed by atoms with Crippen molar-refractivity contribution in [1.82, 2.24) is 15.1 Å². The molecule has 0 aliphatic carbocycles. The number of alkyl halides is 1.